The molecule has 0 fully saturated rings. The number of ketones is 1. The SMILES string of the molecule is COc1cc[n+]([O-])c(C(=O)C[C@@H](C)C(=O)O[C@@H](C)C(c2ccc(F)c(F)c2)c2ccc(F)c(F)c2)c1O. The van der Waals surface area contributed by atoms with E-state index >= 15 is 0 Å². The number of Topliss-reactive ketones (excluding diaryl/α,β-unsaturated/α-hetero) is 1. The first-order valence-electron chi connectivity index (χ1n) is 11.1. The zero-order valence-electron chi connectivity index (χ0n) is 20.0. The highest BCUT2D eigenvalue weighted by Crippen LogP contribution is 2.33. The van der Waals surface area contributed by atoms with Gasteiger partial charge in [0.25, 0.3) is 0 Å². The van der Waals surface area contributed by atoms with Gasteiger partial charge in [-0.25, -0.2) is 17.6 Å². The van der Waals surface area contributed by atoms with Gasteiger partial charge in [-0.05, 0) is 42.3 Å². The molecule has 11 heteroatoms. The van der Waals surface area contributed by atoms with Crippen molar-refractivity contribution in [1.29, 1.82) is 0 Å². The highest BCUT2D eigenvalue weighted by Gasteiger charge is 2.32. The zero-order chi connectivity index (χ0) is 27.4. The summed E-state index contributed by atoms with van der Waals surface area (Å²) in [5.41, 5.74) is -0.362. The van der Waals surface area contributed by atoms with E-state index in [9.17, 15) is 37.5 Å². The van der Waals surface area contributed by atoms with Gasteiger partial charge in [-0.3, -0.25) is 9.59 Å². The van der Waals surface area contributed by atoms with E-state index in [0.717, 1.165) is 36.5 Å². The minimum Gasteiger partial charge on any atom is -0.618 e. The van der Waals surface area contributed by atoms with Crippen LogP contribution in [0.1, 0.15) is 47.8 Å². The number of benzene rings is 2. The highest BCUT2D eigenvalue weighted by molar-refractivity contribution is 5.98. The molecule has 0 spiro atoms. The van der Waals surface area contributed by atoms with Crippen molar-refractivity contribution in [2.45, 2.75) is 32.3 Å². The topological polar surface area (TPSA) is 99.8 Å². The molecule has 0 bridgehead atoms. The van der Waals surface area contributed by atoms with E-state index in [2.05, 4.69) is 0 Å². The highest BCUT2D eigenvalue weighted by atomic mass is 19.2. The maximum absolute atomic E-state index is 14.0. The molecule has 1 aromatic heterocycles. The standard InChI is InChI=1S/C26H23F4NO6/c1-13(10-21(32)24-25(33)22(36-3)8-9-31(24)35)26(34)37-14(2)23(15-4-6-17(27)19(29)11-15)16-5-7-18(28)20(30)12-16/h4-9,11-14,23,33H,10H2,1-3H3/t13-,14+/m1/s1. The Morgan fingerprint density at radius 2 is 1.49 bits per heavy atom. The normalized spacial score (nSPS) is 12.8. The van der Waals surface area contributed by atoms with Crippen LogP contribution in [0.3, 0.4) is 0 Å². The Morgan fingerprint density at radius 1 is 0.946 bits per heavy atom. The van der Waals surface area contributed by atoms with Crippen molar-refractivity contribution >= 4 is 11.8 Å². The number of ether oxygens (including phenoxy) is 2. The molecule has 37 heavy (non-hydrogen) atoms. The second-order valence-electron chi connectivity index (χ2n) is 8.40. The van der Waals surface area contributed by atoms with Gasteiger partial charge >= 0.3 is 11.7 Å². The summed E-state index contributed by atoms with van der Waals surface area (Å²) in [4.78, 5) is 25.5. The van der Waals surface area contributed by atoms with Gasteiger partial charge in [0.15, 0.2) is 35.2 Å². The molecule has 0 aliphatic carbocycles. The fourth-order valence-electron chi connectivity index (χ4n) is 3.90. The Labute approximate surface area is 209 Å². The molecule has 0 radical (unpaired) electrons. The molecule has 0 aliphatic heterocycles. The number of esters is 1. The fourth-order valence-corrected chi connectivity index (χ4v) is 3.90. The minimum atomic E-state index is -1.19. The van der Waals surface area contributed by atoms with Crippen LogP contribution in [0, 0.1) is 34.4 Å². The van der Waals surface area contributed by atoms with Gasteiger partial charge in [0.05, 0.1) is 13.0 Å². The van der Waals surface area contributed by atoms with E-state index in [0.29, 0.717) is 0 Å². The van der Waals surface area contributed by atoms with Gasteiger partial charge < -0.3 is 19.8 Å². The van der Waals surface area contributed by atoms with Crippen LogP contribution in [0.4, 0.5) is 17.6 Å². The van der Waals surface area contributed by atoms with Crippen molar-refractivity contribution in [3.63, 3.8) is 0 Å². The molecule has 196 valence electrons. The minimum absolute atomic E-state index is 0.111. The number of pyridine rings is 1. The average molecular weight is 521 g/mol. The molecule has 3 rings (SSSR count). The van der Waals surface area contributed by atoms with Crippen LogP contribution < -0.4 is 9.47 Å². The molecule has 2 atom stereocenters. The molecule has 0 unspecified atom stereocenters. The monoisotopic (exact) mass is 521 g/mol. The number of hydrogen-bond donors (Lipinski definition) is 1. The third kappa shape index (κ3) is 5.99. The second-order valence-corrected chi connectivity index (χ2v) is 8.40. The number of carbonyl (C=O) groups is 2. The summed E-state index contributed by atoms with van der Waals surface area (Å²) in [5, 5.41) is 22.2. The largest absolute Gasteiger partial charge is 0.618 e. The van der Waals surface area contributed by atoms with E-state index in [-0.39, 0.29) is 21.6 Å². The summed E-state index contributed by atoms with van der Waals surface area (Å²) in [6.07, 6.45) is -0.657. The van der Waals surface area contributed by atoms with Crippen LogP contribution in [0.25, 0.3) is 0 Å². The number of halogens is 4. The van der Waals surface area contributed by atoms with E-state index in [1.54, 1.807) is 0 Å². The summed E-state index contributed by atoms with van der Waals surface area (Å²) in [6, 6.07) is 7.03. The first kappa shape index (κ1) is 27.4. The van der Waals surface area contributed by atoms with E-state index in [1.807, 2.05) is 0 Å². The Bertz CT molecular complexity index is 1280. The van der Waals surface area contributed by atoms with Crippen molar-refractivity contribution in [2.24, 2.45) is 5.92 Å². The Balaban J connectivity index is 1.84. The summed E-state index contributed by atoms with van der Waals surface area (Å²) in [7, 11) is 1.23. The number of aromatic nitrogens is 1. The van der Waals surface area contributed by atoms with Crippen LogP contribution in [-0.2, 0) is 9.53 Å². The number of rotatable bonds is 9. The van der Waals surface area contributed by atoms with Gasteiger partial charge in [-0.2, -0.15) is 4.73 Å². The van der Waals surface area contributed by atoms with Crippen molar-refractivity contribution in [3.05, 3.63) is 94.0 Å². The molecule has 0 saturated heterocycles. The Hall–Kier alpha value is -4.15. The second kappa shape index (κ2) is 11.3. The molecule has 3 aromatic rings. The van der Waals surface area contributed by atoms with Gasteiger partial charge in [-0.15, -0.1) is 0 Å². The number of carbonyl (C=O) groups excluding carboxylic acids is 2. The molecule has 0 amide bonds. The maximum Gasteiger partial charge on any atom is 0.309 e. The van der Waals surface area contributed by atoms with Crippen molar-refractivity contribution < 1.29 is 46.5 Å². The molecule has 0 aliphatic rings. The lowest BCUT2D eigenvalue weighted by Crippen LogP contribution is -2.35. The van der Waals surface area contributed by atoms with Crippen LogP contribution >= 0.6 is 0 Å². The number of nitrogens with zero attached hydrogens (tertiary/aromatic N) is 1. The zero-order valence-corrected chi connectivity index (χ0v) is 20.0. The Morgan fingerprint density at radius 3 is 1.97 bits per heavy atom. The summed E-state index contributed by atoms with van der Waals surface area (Å²) in [5.74, 6) is -9.30. The summed E-state index contributed by atoms with van der Waals surface area (Å²) >= 11 is 0. The van der Waals surface area contributed by atoms with Crippen molar-refractivity contribution in [1.82, 2.24) is 0 Å². The van der Waals surface area contributed by atoms with E-state index < -0.39 is 70.8 Å². The predicted octanol–water partition coefficient (Wildman–Crippen LogP) is 4.56. The lowest BCUT2D eigenvalue weighted by atomic mass is 9.86. The molecule has 0 saturated carbocycles. The molecule has 1 heterocycles. The van der Waals surface area contributed by atoms with Crippen molar-refractivity contribution in [3.8, 4) is 11.5 Å². The summed E-state index contributed by atoms with van der Waals surface area (Å²) in [6.45, 7) is 2.77. The van der Waals surface area contributed by atoms with Crippen LogP contribution in [0.15, 0.2) is 48.7 Å². The number of aromatic hydroxyl groups is 1. The molecule has 1 N–H and O–H groups in total. The predicted molar refractivity (Wildman–Crippen MR) is 122 cm³/mol. The third-order valence-corrected chi connectivity index (χ3v) is 5.79. The fraction of sp³-hybridized carbons (Fsp3) is 0.269. The van der Waals surface area contributed by atoms with E-state index in [1.165, 1.54) is 33.1 Å². The molecular formula is C26H23F4NO6. The first-order chi connectivity index (χ1) is 17.4. The van der Waals surface area contributed by atoms with E-state index in [4.69, 9.17) is 9.47 Å². The average Bonchev–Trinajstić information content (AvgIpc) is 2.83. The maximum atomic E-state index is 14.0. The number of hydrogen-bond acceptors (Lipinski definition) is 6. The number of methoxy groups -OCH3 is 1. The Kier molecular flexibility index (Phi) is 8.36. The van der Waals surface area contributed by atoms with Gasteiger partial charge in [0.2, 0.25) is 11.5 Å². The molecular weight excluding hydrogens is 498 g/mol. The smallest absolute Gasteiger partial charge is 0.309 e. The lowest BCUT2D eigenvalue weighted by molar-refractivity contribution is -0.608. The molecule has 7 nitrogen and oxygen atoms in total. The van der Waals surface area contributed by atoms with Crippen LogP contribution in [0.2, 0.25) is 0 Å². The van der Waals surface area contributed by atoms with Gasteiger partial charge in [0, 0.05) is 18.4 Å². The summed E-state index contributed by atoms with van der Waals surface area (Å²) < 4.78 is 65.5. The van der Waals surface area contributed by atoms with Crippen LogP contribution in [-0.4, -0.2) is 30.1 Å². The first-order valence-corrected chi connectivity index (χ1v) is 11.1. The lowest BCUT2D eigenvalue weighted by Gasteiger charge is -2.26. The van der Waals surface area contributed by atoms with Crippen LogP contribution in [0.5, 0.6) is 11.5 Å². The quantitative estimate of drug-likeness (QED) is 0.146. The molecule has 2 aromatic carbocycles. The van der Waals surface area contributed by atoms with Gasteiger partial charge in [0.1, 0.15) is 6.10 Å². The third-order valence-electron chi connectivity index (χ3n) is 5.79. The van der Waals surface area contributed by atoms with Gasteiger partial charge in [-0.1, -0.05) is 19.1 Å². The van der Waals surface area contributed by atoms with Crippen molar-refractivity contribution in [2.75, 3.05) is 7.11 Å².